The molecule has 0 atom stereocenters. The van der Waals surface area contributed by atoms with Crippen LogP contribution in [0.25, 0.3) is 0 Å². The molecule has 32 heavy (non-hydrogen) atoms. The summed E-state index contributed by atoms with van der Waals surface area (Å²) in [5.74, 6) is -1.75. The van der Waals surface area contributed by atoms with Gasteiger partial charge in [-0.25, -0.2) is 22.5 Å². The van der Waals surface area contributed by atoms with Gasteiger partial charge in [-0.05, 0) is 30.5 Å². The fourth-order valence-electron chi connectivity index (χ4n) is 2.38. The average Bonchev–Trinajstić information content (AvgIpc) is 3.13. The molecule has 1 heterocycles. The molecule has 0 radical (unpaired) electrons. The number of carbonyl (C=O) groups is 3. The summed E-state index contributed by atoms with van der Waals surface area (Å²) in [6, 6.07) is 4.64. The molecule has 1 aromatic carbocycles. The van der Waals surface area contributed by atoms with E-state index in [0.29, 0.717) is 29.4 Å². The molecule has 0 aliphatic carbocycles. The fraction of sp³-hybridized carbons (Fsp3) is 0.368. The van der Waals surface area contributed by atoms with Gasteiger partial charge in [-0.1, -0.05) is 31.3 Å². The first-order chi connectivity index (χ1) is 14.9. The second kappa shape index (κ2) is 10.4. The van der Waals surface area contributed by atoms with Gasteiger partial charge in [0.05, 0.1) is 24.7 Å². The van der Waals surface area contributed by atoms with Crippen molar-refractivity contribution in [2.24, 2.45) is 5.92 Å². The first-order valence-electron chi connectivity index (χ1n) is 9.38. The number of carbonyl (C=O) groups excluding carboxylic acids is 2. The van der Waals surface area contributed by atoms with Crippen molar-refractivity contribution in [1.29, 1.82) is 0 Å². The highest BCUT2D eigenvalue weighted by Gasteiger charge is 2.28. The van der Waals surface area contributed by atoms with E-state index in [9.17, 15) is 22.8 Å². The van der Waals surface area contributed by atoms with Crippen molar-refractivity contribution in [1.82, 2.24) is 9.29 Å². The van der Waals surface area contributed by atoms with Crippen molar-refractivity contribution in [2.45, 2.75) is 20.8 Å². The number of sulfonamides is 1. The van der Waals surface area contributed by atoms with Crippen LogP contribution in [-0.4, -0.2) is 60.1 Å². The van der Waals surface area contributed by atoms with Gasteiger partial charge >= 0.3 is 12.0 Å². The molecule has 2 aromatic rings. The smallest absolute Gasteiger partial charge is 0.325 e. The van der Waals surface area contributed by atoms with E-state index < -0.39 is 34.5 Å². The maximum absolute atomic E-state index is 12.4. The normalized spacial score (nSPS) is 11.2. The zero-order valence-electron chi connectivity index (χ0n) is 17.9. The summed E-state index contributed by atoms with van der Waals surface area (Å²) in [4.78, 5) is 39.5. The van der Waals surface area contributed by atoms with Gasteiger partial charge in [0.1, 0.15) is 17.2 Å². The predicted octanol–water partition coefficient (Wildman–Crippen LogP) is 2.62. The van der Waals surface area contributed by atoms with E-state index >= 15 is 0 Å². The van der Waals surface area contributed by atoms with Crippen molar-refractivity contribution >= 4 is 50.1 Å². The third-order valence-electron chi connectivity index (χ3n) is 3.80. The van der Waals surface area contributed by atoms with E-state index in [-0.39, 0.29) is 20.2 Å². The second-order valence-electron chi connectivity index (χ2n) is 7.28. The Balaban J connectivity index is 2.12. The molecule has 11 nitrogen and oxygen atoms in total. The van der Waals surface area contributed by atoms with E-state index in [1.807, 2.05) is 20.8 Å². The Bertz CT molecular complexity index is 1110. The van der Waals surface area contributed by atoms with Crippen molar-refractivity contribution in [3.63, 3.8) is 0 Å². The number of nitrogens with one attached hydrogen (secondary N) is 2. The van der Waals surface area contributed by atoms with E-state index in [0.717, 1.165) is 18.0 Å². The van der Waals surface area contributed by atoms with Crippen LogP contribution in [0.15, 0.2) is 24.4 Å². The first kappa shape index (κ1) is 25.1. The molecular formula is C19H24N4O7S2. The Hall–Kier alpha value is -3.19. The van der Waals surface area contributed by atoms with Gasteiger partial charge < -0.3 is 15.2 Å². The van der Waals surface area contributed by atoms with E-state index in [1.54, 1.807) is 18.2 Å². The summed E-state index contributed by atoms with van der Waals surface area (Å²) in [6.07, 6.45) is 1.79. The molecule has 3 amide bonds. The molecule has 0 fully saturated rings. The van der Waals surface area contributed by atoms with Gasteiger partial charge in [0.15, 0.2) is 5.13 Å². The van der Waals surface area contributed by atoms with Crippen LogP contribution in [-0.2, 0) is 14.8 Å². The van der Waals surface area contributed by atoms with Crippen molar-refractivity contribution in [3.8, 4) is 5.75 Å². The molecule has 2 rings (SSSR count). The molecule has 174 valence electrons. The van der Waals surface area contributed by atoms with Crippen LogP contribution in [0.5, 0.6) is 5.75 Å². The third kappa shape index (κ3) is 7.20. The summed E-state index contributed by atoms with van der Waals surface area (Å²) < 4.78 is 29.5. The number of rotatable bonds is 9. The minimum absolute atomic E-state index is 0.0198. The second-order valence-corrected chi connectivity index (χ2v) is 10.2. The number of thiazole rings is 1. The molecule has 0 unspecified atom stereocenters. The molecule has 1 aromatic heterocycles. The standard InChI is InChI=1S/C19H24N4O7S2/c1-11(2)10-30-14-7-12(3)5-6-13(14)21-18(27)22-19-20-8-15(31-19)17(26)23(9-16(24)25)32(4,28)29/h5-8,11H,9-10H2,1-4H3,(H,24,25)(H2,20,21,22,27). The van der Waals surface area contributed by atoms with Gasteiger partial charge in [-0.2, -0.15) is 0 Å². The predicted molar refractivity (Wildman–Crippen MR) is 120 cm³/mol. The first-order valence-corrected chi connectivity index (χ1v) is 12.0. The number of aliphatic carboxylic acids is 1. The monoisotopic (exact) mass is 484 g/mol. The van der Waals surface area contributed by atoms with E-state index in [1.165, 1.54) is 0 Å². The minimum Gasteiger partial charge on any atom is -0.491 e. The van der Waals surface area contributed by atoms with Crippen molar-refractivity contribution in [3.05, 3.63) is 34.8 Å². The number of urea groups is 1. The number of hydrogen-bond acceptors (Lipinski definition) is 8. The van der Waals surface area contributed by atoms with Crippen LogP contribution in [0.2, 0.25) is 0 Å². The summed E-state index contributed by atoms with van der Waals surface area (Å²) in [6.45, 7) is 5.33. The number of aromatic nitrogens is 1. The molecule has 0 aliphatic rings. The van der Waals surface area contributed by atoms with Crippen molar-refractivity contribution < 1.29 is 32.6 Å². The summed E-state index contributed by atoms with van der Waals surface area (Å²) in [7, 11) is -4.11. The maximum atomic E-state index is 12.4. The van der Waals surface area contributed by atoms with Gasteiger partial charge in [0, 0.05) is 0 Å². The Kier molecular flexibility index (Phi) is 8.16. The molecule has 0 saturated carbocycles. The number of hydrogen-bond donors (Lipinski definition) is 3. The largest absolute Gasteiger partial charge is 0.491 e. The number of nitrogens with zero attached hydrogens (tertiary/aromatic N) is 2. The zero-order chi connectivity index (χ0) is 24.1. The molecule has 3 N–H and O–H groups in total. The van der Waals surface area contributed by atoms with Gasteiger partial charge in [-0.3, -0.25) is 14.9 Å². The number of amides is 3. The van der Waals surface area contributed by atoms with Crippen LogP contribution in [0, 0.1) is 12.8 Å². The Morgan fingerprint density at radius 2 is 1.94 bits per heavy atom. The summed E-state index contributed by atoms with van der Waals surface area (Å²) >= 11 is 0.709. The highest BCUT2D eigenvalue weighted by molar-refractivity contribution is 7.89. The number of benzene rings is 1. The highest BCUT2D eigenvalue weighted by Crippen LogP contribution is 2.27. The summed E-state index contributed by atoms with van der Waals surface area (Å²) in [5.41, 5.74) is 1.39. The SMILES string of the molecule is Cc1ccc(NC(=O)Nc2ncc(C(=O)N(CC(=O)O)S(C)(=O)=O)s2)c(OCC(C)C)c1. The number of carboxylic acids is 1. The maximum Gasteiger partial charge on any atom is 0.325 e. The van der Waals surface area contributed by atoms with E-state index in [2.05, 4.69) is 15.6 Å². The number of anilines is 2. The molecule has 0 spiro atoms. The minimum atomic E-state index is -4.11. The fourth-order valence-corrected chi connectivity index (χ4v) is 3.94. The Labute approximate surface area is 189 Å². The number of ether oxygens (including phenoxy) is 1. The zero-order valence-corrected chi connectivity index (χ0v) is 19.5. The molecule has 13 heteroatoms. The molecular weight excluding hydrogens is 460 g/mol. The van der Waals surface area contributed by atoms with Gasteiger partial charge in [0.2, 0.25) is 10.0 Å². The van der Waals surface area contributed by atoms with Gasteiger partial charge in [-0.15, -0.1) is 0 Å². The Morgan fingerprint density at radius 1 is 1.25 bits per heavy atom. The molecule has 0 bridgehead atoms. The van der Waals surface area contributed by atoms with Crippen LogP contribution in [0.3, 0.4) is 0 Å². The molecule has 0 aliphatic heterocycles. The lowest BCUT2D eigenvalue weighted by Crippen LogP contribution is -2.39. The van der Waals surface area contributed by atoms with Crippen molar-refractivity contribution in [2.75, 3.05) is 30.0 Å². The lowest BCUT2D eigenvalue weighted by Gasteiger charge is -2.16. The topological polar surface area (TPSA) is 155 Å². The van der Waals surface area contributed by atoms with Crippen LogP contribution >= 0.6 is 11.3 Å². The quantitative estimate of drug-likeness (QED) is 0.490. The van der Waals surface area contributed by atoms with Crippen LogP contribution < -0.4 is 15.4 Å². The average molecular weight is 485 g/mol. The van der Waals surface area contributed by atoms with Crippen LogP contribution in [0.1, 0.15) is 29.1 Å². The van der Waals surface area contributed by atoms with Crippen LogP contribution in [0.4, 0.5) is 15.6 Å². The summed E-state index contributed by atoms with van der Waals surface area (Å²) in [5, 5.41) is 14.0. The number of carboxylic acid groups (broad SMARTS) is 1. The number of aryl methyl sites for hydroxylation is 1. The third-order valence-corrected chi connectivity index (χ3v) is 5.80. The lowest BCUT2D eigenvalue weighted by atomic mass is 10.2. The van der Waals surface area contributed by atoms with Gasteiger partial charge in [0.25, 0.3) is 5.91 Å². The Morgan fingerprint density at radius 3 is 2.53 bits per heavy atom. The highest BCUT2D eigenvalue weighted by atomic mass is 32.2. The van der Waals surface area contributed by atoms with E-state index in [4.69, 9.17) is 9.84 Å². The lowest BCUT2D eigenvalue weighted by molar-refractivity contribution is -0.136. The molecule has 0 saturated heterocycles.